The standard InChI is InChI=1S/C20H21N7O3/c28-19-14-4-1-2-5-15(14)25-18(26-19)20(29)22-11-13-7-8-21-17(10-13)30-9-3-6-16-23-12-24-27-16/h1-2,4-5,7-8,12,17H,3,6,9-11H2,(H,22,29)(H,23,24,27)(H,25,26,28). The summed E-state index contributed by atoms with van der Waals surface area (Å²) in [6.07, 6.45) is 6.88. The fourth-order valence-corrected chi connectivity index (χ4v) is 3.10. The fourth-order valence-electron chi connectivity index (χ4n) is 3.10. The van der Waals surface area contributed by atoms with Gasteiger partial charge in [0.05, 0.1) is 10.9 Å². The third kappa shape index (κ3) is 4.84. The number of H-pyrrole nitrogens is 2. The zero-order chi connectivity index (χ0) is 20.8. The lowest BCUT2D eigenvalue weighted by atomic mass is 10.1. The van der Waals surface area contributed by atoms with E-state index in [-0.39, 0.29) is 17.6 Å². The van der Waals surface area contributed by atoms with Crippen LogP contribution in [-0.4, -0.2) is 56.7 Å². The fraction of sp³-hybridized carbons (Fsp3) is 0.300. The first-order valence-electron chi connectivity index (χ1n) is 9.63. The van der Waals surface area contributed by atoms with E-state index in [0.717, 1.165) is 24.2 Å². The Balaban J connectivity index is 1.26. The van der Waals surface area contributed by atoms with E-state index in [2.05, 4.69) is 35.5 Å². The molecule has 3 N–H and O–H groups in total. The molecular formula is C20H21N7O3. The molecule has 0 saturated heterocycles. The number of nitrogens with one attached hydrogen (secondary N) is 3. The Bertz CT molecular complexity index is 1130. The number of hydrogen-bond acceptors (Lipinski definition) is 7. The molecule has 10 heteroatoms. The molecule has 0 aliphatic carbocycles. The van der Waals surface area contributed by atoms with Gasteiger partial charge < -0.3 is 15.0 Å². The maximum Gasteiger partial charge on any atom is 0.287 e. The van der Waals surface area contributed by atoms with Crippen LogP contribution >= 0.6 is 0 Å². The van der Waals surface area contributed by atoms with Crippen molar-refractivity contribution in [1.29, 1.82) is 0 Å². The summed E-state index contributed by atoms with van der Waals surface area (Å²) >= 11 is 0. The van der Waals surface area contributed by atoms with Crippen LogP contribution in [0.4, 0.5) is 0 Å². The minimum atomic E-state index is -0.439. The predicted molar refractivity (Wildman–Crippen MR) is 110 cm³/mol. The van der Waals surface area contributed by atoms with E-state index < -0.39 is 5.91 Å². The van der Waals surface area contributed by atoms with Crippen LogP contribution in [0.3, 0.4) is 0 Å². The third-order valence-corrected chi connectivity index (χ3v) is 4.64. The normalized spacial score (nSPS) is 15.9. The van der Waals surface area contributed by atoms with E-state index in [0.29, 0.717) is 30.5 Å². The molecule has 0 spiro atoms. The Kier molecular flexibility index (Phi) is 6.04. The molecule has 30 heavy (non-hydrogen) atoms. The monoisotopic (exact) mass is 407 g/mol. The average molecular weight is 407 g/mol. The second-order valence-corrected chi connectivity index (χ2v) is 6.80. The van der Waals surface area contributed by atoms with Gasteiger partial charge in [-0.1, -0.05) is 12.1 Å². The summed E-state index contributed by atoms with van der Waals surface area (Å²) in [6, 6.07) is 6.89. The summed E-state index contributed by atoms with van der Waals surface area (Å²) in [5.41, 5.74) is 1.12. The van der Waals surface area contributed by atoms with E-state index in [4.69, 9.17) is 4.74 Å². The van der Waals surface area contributed by atoms with Crippen LogP contribution in [-0.2, 0) is 11.2 Å². The maximum atomic E-state index is 12.4. The second kappa shape index (κ2) is 9.23. The number of aryl methyl sites for hydroxylation is 1. The number of aromatic amines is 2. The van der Waals surface area contributed by atoms with Crippen molar-refractivity contribution >= 4 is 23.0 Å². The number of ether oxygens (including phenoxy) is 1. The number of carbonyl (C=O) groups is 1. The minimum Gasteiger partial charge on any atom is -0.356 e. The average Bonchev–Trinajstić information content (AvgIpc) is 3.29. The molecule has 3 heterocycles. The van der Waals surface area contributed by atoms with E-state index >= 15 is 0 Å². The first-order valence-corrected chi connectivity index (χ1v) is 9.63. The van der Waals surface area contributed by atoms with Crippen molar-refractivity contribution < 1.29 is 9.53 Å². The Hall–Kier alpha value is -3.66. The van der Waals surface area contributed by atoms with E-state index in [1.54, 1.807) is 30.5 Å². The highest BCUT2D eigenvalue weighted by Gasteiger charge is 2.16. The summed E-state index contributed by atoms with van der Waals surface area (Å²) in [7, 11) is 0. The van der Waals surface area contributed by atoms with Gasteiger partial charge in [0, 0.05) is 32.2 Å². The van der Waals surface area contributed by atoms with Crippen molar-refractivity contribution in [2.24, 2.45) is 4.99 Å². The van der Waals surface area contributed by atoms with Gasteiger partial charge >= 0.3 is 0 Å². The number of allylic oxidation sites excluding steroid dienone is 1. The van der Waals surface area contributed by atoms with Crippen LogP contribution in [0.1, 0.15) is 29.3 Å². The summed E-state index contributed by atoms with van der Waals surface area (Å²) in [6.45, 7) is 0.865. The molecule has 0 radical (unpaired) electrons. The van der Waals surface area contributed by atoms with E-state index in [1.165, 1.54) is 6.33 Å². The number of dihydropyridines is 1. The number of fused-ring (bicyclic) bond motifs is 1. The highest BCUT2D eigenvalue weighted by atomic mass is 16.5. The molecule has 1 aliphatic heterocycles. The Morgan fingerprint density at radius 2 is 2.20 bits per heavy atom. The molecule has 0 fully saturated rings. The highest BCUT2D eigenvalue weighted by molar-refractivity contribution is 5.92. The lowest BCUT2D eigenvalue weighted by molar-refractivity contribution is 0.0572. The number of para-hydroxylation sites is 1. The Labute approximate surface area is 171 Å². The summed E-state index contributed by atoms with van der Waals surface area (Å²) < 4.78 is 5.79. The van der Waals surface area contributed by atoms with Gasteiger partial charge in [-0.05, 0) is 30.2 Å². The van der Waals surface area contributed by atoms with Crippen molar-refractivity contribution in [2.45, 2.75) is 25.5 Å². The smallest absolute Gasteiger partial charge is 0.287 e. The van der Waals surface area contributed by atoms with E-state index in [1.807, 2.05) is 6.08 Å². The second-order valence-electron chi connectivity index (χ2n) is 6.80. The number of carbonyl (C=O) groups excluding carboxylic acids is 1. The minimum absolute atomic E-state index is 0.0102. The van der Waals surface area contributed by atoms with Crippen molar-refractivity contribution in [3.8, 4) is 0 Å². The molecular weight excluding hydrogens is 386 g/mol. The number of benzene rings is 1. The van der Waals surface area contributed by atoms with Gasteiger partial charge in [0.1, 0.15) is 12.2 Å². The summed E-state index contributed by atoms with van der Waals surface area (Å²) in [4.78, 5) is 39.7. The van der Waals surface area contributed by atoms with Crippen LogP contribution in [0.15, 0.2) is 52.0 Å². The number of rotatable bonds is 8. The first kappa shape index (κ1) is 19.6. The van der Waals surface area contributed by atoms with Crippen molar-refractivity contribution in [1.82, 2.24) is 30.5 Å². The maximum absolute atomic E-state index is 12.4. The van der Waals surface area contributed by atoms with Gasteiger partial charge in [0.15, 0.2) is 12.1 Å². The lowest BCUT2D eigenvalue weighted by Gasteiger charge is -2.19. The van der Waals surface area contributed by atoms with Crippen LogP contribution in [0.5, 0.6) is 0 Å². The largest absolute Gasteiger partial charge is 0.356 e. The van der Waals surface area contributed by atoms with Gasteiger partial charge in [-0.25, -0.2) is 9.97 Å². The Morgan fingerprint density at radius 3 is 3.07 bits per heavy atom. The van der Waals surface area contributed by atoms with Gasteiger partial charge in [0.25, 0.3) is 11.5 Å². The zero-order valence-electron chi connectivity index (χ0n) is 16.2. The number of nitrogens with zero attached hydrogens (tertiary/aromatic N) is 4. The van der Waals surface area contributed by atoms with E-state index in [9.17, 15) is 9.59 Å². The molecule has 1 aliphatic rings. The van der Waals surface area contributed by atoms with Gasteiger partial charge in [-0.2, -0.15) is 5.10 Å². The molecule has 1 unspecified atom stereocenters. The molecule has 154 valence electrons. The first-order chi connectivity index (χ1) is 14.7. The van der Waals surface area contributed by atoms with Crippen LogP contribution in [0, 0.1) is 0 Å². The molecule has 3 aromatic rings. The molecule has 4 rings (SSSR count). The zero-order valence-corrected chi connectivity index (χ0v) is 16.2. The van der Waals surface area contributed by atoms with Gasteiger partial charge in [-0.3, -0.25) is 19.7 Å². The van der Waals surface area contributed by atoms with Gasteiger partial charge in [-0.15, -0.1) is 0 Å². The summed E-state index contributed by atoms with van der Waals surface area (Å²) in [5.74, 6) is 0.379. The van der Waals surface area contributed by atoms with Crippen molar-refractivity contribution in [2.75, 3.05) is 13.2 Å². The topological polar surface area (TPSA) is 138 Å². The van der Waals surface area contributed by atoms with Crippen LogP contribution in [0.25, 0.3) is 10.9 Å². The molecule has 1 aromatic carbocycles. The van der Waals surface area contributed by atoms with Crippen LogP contribution < -0.4 is 10.9 Å². The third-order valence-electron chi connectivity index (χ3n) is 4.64. The quantitative estimate of drug-likeness (QED) is 0.479. The highest BCUT2D eigenvalue weighted by Crippen LogP contribution is 2.14. The van der Waals surface area contributed by atoms with Crippen molar-refractivity contribution in [3.63, 3.8) is 0 Å². The molecule has 0 saturated carbocycles. The molecule has 2 aromatic heterocycles. The molecule has 0 bridgehead atoms. The van der Waals surface area contributed by atoms with Crippen LogP contribution in [0.2, 0.25) is 0 Å². The molecule has 1 atom stereocenters. The SMILES string of the molecule is O=C(NCC1=CC=NC(OCCCc2ncn[nH]2)C1)c1nc2ccccc2c(=O)[nH]1. The van der Waals surface area contributed by atoms with Crippen molar-refractivity contribution in [3.05, 3.63) is 64.2 Å². The molecule has 1 amide bonds. The number of hydrogen-bond donors (Lipinski definition) is 3. The number of aromatic nitrogens is 5. The summed E-state index contributed by atoms with van der Waals surface area (Å²) in [5, 5.41) is 9.86. The Morgan fingerprint density at radius 1 is 1.30 bits per heavy atom. The predicted octanol–water partition coefficient (Wildman–Crippen LogP) is 1.15. The lowest BCUT2D eigenvalue weighted by Crippen LogP contribution is -2.31. The number of aliphatic imine (C=N–C) groups is 1. The molecule has 10 nitrogen and oxygen atoms in total. The number of amides is 1. The van der Waals surface area contributed by atoms with Gasteiger partial charge in [0.2, 0.25) is 0 Å².